The Balaban J connectivity index is 2.02. The molecule has 1 saturated heterocycles. The first-order chi connectivity index (χ1) is 8.88. The van der Waals surface area contributed by atoms with Crippen molar-refractivity contribution < 1.29 is 5.11 Å². The monoisotopic (exact) mass is 268 g/mol. The smallest absolute Gasteiger partial charge is 0.325 e. The van der Waals surface area contributed by atoms with Gasteiger partial charge in [0.15, 0.2) is 0 Å². The van der Waals surface area contributed by atoms with Crippen molar-refractivity contribution in [3.05, 3.63) is 32.6 Å². The van der Waals surface area contributed by atoms with E-state index in [0.29, 0.717) is 31.6 Å². The zero-order valence-corrected chi connectivity index (χ0v) is 11.3. The predicted molar refractivity (Wildman–Crippen MR) is 71.1 cm³/mol. The van der Waals surface area contributed by atoms with Gasteiger partial charge < -0.3 is 15.0 Å². The molecule has 0 saturated carbocycles. The van der Waals surface area contributed by atoms with Gasteiger partial charge in [0.2, 0.25) is 0 Å². The number of β-amino-alcohol motifs (C(OH)–C–C–N with tert-alkyl or cyclic N) is 1. The first-order valence-corrected chi connectivity index (χ1v) is 6.28. The molecule has 7 nitrogen and oxygen atoms in total. The fraction of sp³-hybridized carbons (Fsp3) is 0.667. The normalized spacial score (nSPS) is 24.2. The number of likely N-dealkylation sites (tertiary alicyclic amines) is 1. The Morgan fingerprint density at radius 2 is 2.21 bits per heavy atom. The van der Waals surface area contributed by atoms with Gasteiger partial charge in [-0.25, -0.2) is 4.79 Å². The molecule has 19 heavy (non-hydrogen) atoms. The molecule has 2 heterocycles. The minimum Gasteiger partial charge on any atom is -0.387 e. The molecule has 2 rings (SSSR count). The van der Waals surface area contributed by atoms with Crippen LogP contribution in [0.15, 0.2) is 15.8 Å². The number of likely N-dealkylation sites (N-methyl/N-ethyl adjacent to an activating group) is 1. The van der Waals surface area contributed by atoms with Crippen molar-refractivity contribution in [1.82, 2.24) is 19.8 Å². The quantitative estimate of drug-likeness (QED) is 0.622. The maximum atomic E-state index is 11.6. The van der Waals surface area contributed by atoms with E-state index in [0.717, 1.165) is 6.54 Å². The Morgan fingerprint density at radius 3 is 2.84 bits per heavy atom. The van der Waals surface area contributed by atoms with Crippen LogP contribution in [0.4, 0.5) is 0 Å². The van der Waals surface area contributed by atoms with Crippen LogP contribution in [0.1, 0.15) is 12.0 Å². The second kappa shape index (κ2) is 5.28. The van der Waals surface area contributed by atoms with Crippen LogP contribution < -0.4 is 11.2 Å². The third-order valence-electron chi connectivity index (χ3n) is 3.31. The van der Waals surface area contributed by atoms with Crippen molar-refractivity contribution in [1.29, 1.82) is 0 Å². The van der Waals surface area contributed by atoms with Gasteiger partial charge in [0.05, 0.1) is 5.60 Å². The fourth-order valence-corrected chi connectivity index (χ4v) is 2.59. The summed E-state index contributed by atoms with van der Waals surface area (Å²) in [5.41, 5.74) is -1.09. The molecule has 1 unspecified atom stereocenters. The molecule has 0 aliphatic carbocycles. The van der Waals surface area contributed by atoms with Gasteiger partial charge in [-0.05, 0) is 20.5 Å². The molecule has 0 spiro atoms. The molecule has 0 amide bonds. The number of aromatic nitrogens is 2. The molecule has 1 aromatic heterocycles. The highest BCUT2D eigenvalue weighted by Crippen LogP contribution is 2.22. The van der Waals surface area contributed by atoms with E-state index in [1.165, 1.54) is 6.20 Å². The zero-order valence-electron chi connectivity index (χ0n) is 11.3. The molecule has 1 aliphatic rings. The number of aromatic amines is 2. The van der Waals surface area contributed by atoms with E-state index in [1.54, 1.807) is 0 Å². The van der Waals surface area contributed by atoms with E-state index in [2.05, 4.69) is 9.97 Å². The van der Waals surface area contributed by atoms with Crippen molar-refractivity contribution in [3.8, 4) is 0 Å². The lowest BCUT2D eigenvalue weighted by molar-refractivity contribution is 0.0240. The van der Waals surface area contributed by atoms with E-state index in [-0.39, 0.29) is 5.56 Å². The highest BCUT2D eigenvalue weighted by Gasteiger charge is 2.36. The Hall–Kier alpha value is -1.44. The number of nitrogens with zero attached hydrogens (tertiary/aromatic N) is 2. The van der Waals surface area contributed by atoms with E-state index in [4.69, 9.17) is 0 Å². The molecular formula is C12H20N4O3. The van der Waals surface area contributed by atoms with Gasteiger partial charge in [-0.3, -0.25) is 14.7 Å². The summed E-state index contributed by atoms with van der Waals surface area (Å²) >= 11 is 0. The summed E-state index contributed by atoms with van der Waals surface area (Å²) in [4.78, 5) is 31.2. The van der Waals surface area contributed by atoms with Crippen LogP contribution in [-0.2, 0) is 6.54 Å². The lowest BCUT2D eigenvalue weighted by Crippen LogP contribution is -2.42. The molecule has 0 bridgehead atoms. The average molecular weight is 268 g/mol. The summed E-state index contributed by atoms with van der Waals surface area (Å²) in [5, 5.41) is 10.4. The summed E-state index contributed by atoms with van der Waals surface area (Å²) < 4.78 is 0. The molecular weight excluding hydrogens is 248 g/mol. The van der Waals surface area contributed by atoms with E-state index in [1.807, 2.05) is 23.9 Å². The van der Waals surface area contributed by atoms with Crippen LogP contribution in [0, 0.1) is 0 Å². The lowest BCUT2D eigenvalue weighted by Gasteiger charge is -2.26. The highest BCUT2D eigenvalue weighted by atomic mass is 16.3. The molecule has 3 N–H and O–H groups in total. The van der Waals surface area contributed by atoms with Crippen LogP contribution in [0.3, 0.4) is 0 Å². The third kappa shape index (κ3) is 3.52. The SMILES string of the molecule is CN(C)CC1(O)CCN(Cc2c[nH]c(=O)[nH]c2=O)C1. The van der Waals surface area contributed by atoms with Crippen molar-refractivity contribution >= 4 is 0 Å². The number of nitrogens with one attached hydrogen (secondary N) is 2. The molecule has 1 fully saturated rings. The average Bonchev–Trinajstić information content (AvgIpc) is 2.63. The summed E-state index contributed by atoms with van der Waals surface area (Å²) in [6, 6.07) is 0. The molecule has 1 aromatic rings. The van der Waals surface area contributed by atoms with E-state index >= 15 is 0 Å². The summed E-state index contributed by atoms with van der Waals surface area (Å²) in [6.45, 7) is 2.31. The number of H-pyrrole nitrogens is 2. The first-order valence-electron chi connectivity index (χ1n) is 6.28. The maximum Gasteiger partial charge on any atom is 0.325 e. The van der Waals surface area contributed by atoms with Crippen LogP contribution in [0.5, 0.6) is 0 Å². The minimum atomic E-state index is -0.724. The Kier molecular flexibility index (Phi) is 3.88. The molecule has 106 valence electrons. The minimum absolute atomic E-state index is 0.369. The van der Waals surface area contributed by atoms with E-state index in [9.17, 15) is 14.7 Å². The van der Waals surface area contributed by atoms with Crippen LogP contribution >= 0.6 is 0 Å². The molecule has 1 atom stereocenters. The first kappa shape index (κ1) is 14.0. The molecule has 7 heteroatoms. The van der Waals surface area contributed by atoms with Crippen molar-refractivity contribution in [2.24, 2.45) is 0 Å². The standard InChI is InChI=1S/C12H20N4O3/c1-15(2)7-12(19)3-4-16(8-12)6-9-5-13-11(18)14-10(9)17/h5,19H,3-4,6-8H2,1-2H3,(H2,13,14,17,18). The van der Waals surface area contributed by atoms with Gasteiger partial charge in [-0.15, -0.1) is 0 Å². The Morgan fingerprint density at radius 1 is 1.47 bits per heavy atom. The van der Waals surface area contributed by atoms with Crippen LogP contribution in [0.25, 0.3) is 0 Å². The Labute approximate surface area is 110 Å². The third-order valence-corrected chi connectivity index (χ3v) is 3.31. The largest absolute Gasteiger partial charge is 0.387 e. The fourth-order valence-electron chi connectivity index (χ4n) is 2.59. The zero-order chi connectivity index (χ0) is 14.0. The number of hydrogen-bond acceptors (Lipinski definition) is 5. The molecule has 0 radical (unpaired) electrons. The van der Waals surface area contributed by atoms with Gasteiger partial charge >= 0.3 is 5.69 Å². The topological polar surface area (TPSA) is 92.4 Å². The summed E-state index contributed by atoms with van der Waals surface area (Å²) in [7, 11) is 3.85. The predicted octanol–water partition coefficient (Wildman–Crippen LogP) is -1.44. The summed E-state index contributed by atoms with van der Waals surface area (Å²) in [6.07, 6.45) is 2.12. The number of hydrogen-bond donors (Lipinski definition) is 3. The summed E-state index contributed by atoms with van der Waals surface area (Å²) in [5.74, 6) is 0. The van der Waals surface area contributed by atoms with E-state index < -0.39 is 11.3 Å². The highest BCUT2D eigenvalue weighted by molar-refractivity contribution is 5.04. The van der Waals surface area contributed by atoms with Gasteiger partial charge in [-0.1, -0.05) is 0 Å². The second-order valence-corrected chi connectivity index (χ2v) is 5.52. The van der Waals surface area contributed by atoms with Gasteiger partial charge in [0.25, 0.3) is 5.56 Å². The number of rotatable bonds is 4. The van der Waals surface area contributed by atoms with Gasteiger partial charge in [-0.2, -0.15) is 0 Å². The number of aliphatic hydroxyl groups is 1. The lowest BCUT2D eigenvalue weighted by atomic mass is 10.0. The van der Waals surface area contributed by atoms with Crippen LogP contribution in [0.2, 0.25) is 0 Å². The van der Waals surface area contributed by atoms with Crippen molar-refractivity contribution in [3.63, 3.8) is 0 Å². The Bertz CT molecular complexity index is 550. The van der Waals surface area contributed by atoms with Crippen molar-refractivity contribution in [2.75, 3.05) is 33.7 Å². The second-order valence-electron chi connectivity index (χ2n) is 5.52. The molecule has 1 aliphatic heterocycles. The van der Waals surface area contributed by atoms with Gasteiger partial charge in [0, 0.05) is 37.9 Å². The van der Waals surface area contributed by atoms with Crippen LogP contribution in [-0.4, -0.2) is 64.2 Å². The maximum absolute atomic E-state index is 11.6. The van der Waals surface area contributed by atoms with Gasteiger partial charge in [0.1, 0.15) is 0 Å². The van der Waals surface area contributed by atoms with Crippen molar-refractivity contribution in [2.45, 2.75) is 18.6 Å². The molecule has 0 aromatic carbocycles.